The number of nitrogens with zero attached hydrogens (tertiary/aromatic N) is 1. The molecular weight excluding hydrogens is 397 g/mol. The van der Waals surface area contributed by atoms with Crippen LogP contribution >= 0.6 is 35.6 Å². The van der Waals surface area contributed by atoms with Crippen molar-refractivity contribution in [3.05, 3.63) is 34.9 Å². The predicted octanol–water partition coefficient (Wildman–Crippen LogP) is 3.32. The third-order valence-corrected chi connectivity index (χ3v) is 3.12. The van der Waals surface area contributed by atoms with Gasteiger partial charge in [-0.05, 0) is 29.5 Å². The number of terminal acetylenes is 1. The third kappa shape index (κ3) is 8.18. The molecule has 116 valence electrons. The van der Waals surface area contributed by atoms with E-state index in [2.05, 4.69) is 41.5 Å². The van der Waals surface area contributed by atoms with E-state index in [1.54, 1.807) is 7.05 Å². The first kappa shape index (κ1) is 20.1. The summed E-state index contributed by atoms with van der Waals surface area (Å²) >= 11 is 6.02. The van der Waals surface area contributed by atoms with Crippen LogP contribution in [0.25, 0.3) is 0 Å². The Labute approximate surface area is 150 Å². The van der Waals surface area contributed by atoms with Gasteiger partial charge in [0, 0.05) is 18.6 Å². The third-order valence-electron chi connectivity index (χ3n) is 2.89. The molecule has 2 N–H and O–H groups in total. The van der Waals surface area contributed by atoms with Crippen molar-refractivity contribution in [3.63, 3.8) is 0 Å². The minimum atomic E-state index is 0. The van der Waals surface area contributed by atoms with E-state index < -0.39 is 0 Å². The van der Waals surface area contributed by atoms with Gasteiger partial charge >= 0.3 is 0 Å². The fourth-order valence-corrected chi connectivity index (χ4v) is 2.15. The lowest BCUT2D eigenvalue weighted by Gasteiger charge is -2.26. The van der Waals surface area contributed by atoms with Crippen molar-refractivity contribution in [2.75, 3.05) is 20.1 Å². The number of nitrogens with one attached hydrogen (secondary N) is 2. The van der Waals surface area contributed by atoms with E-state index in [9.17, 15) is 0 Å². The van der Waals surface area contributed by atoms with Crippen LogP contribution in [0.1, 0.15) is 19.4 Å². The molecule has 0 fully saturated rings. The zero-order valence-corrected chi connectivity index (χ0v) is 15.8. The van der Waals surface area contributed by atoms with E-state index in [1.165, 1.54) is 5.56 Å². The molecule has 0 aliphatic carbocycles. The Morgan fingerprint density at radius 2 is 2.10 bits per heavy atom. The highest BCUT2D eigenvalue weighted by molar-refractivity contribution is 14.0. The average molecular weight is 420 g/mol. The minimum Gasteiger partial charge on any atom is -0.356 e. The van der Waals surface area contributed by atoms with Crippen LogP contribution in [0.3, 0.4) is 0 Å². The normalized spacial score (nSPS) is 11.3. The molecule has 0 bridgehead atoms. The molecular formula is C16H23ClIN3. The molecule has 21 heavy (non-hydrogen) atoms. The Kier molecular flexibility index (Phi) is 9.47. The van der Waals surface area contributed by atoms with Crippen LogP contribution in [0, 0.1) is 17.8 Å². The Hall–Kier alpha value is -0.930. The summed E-state index contributed by atoms with van der Waals surface area (Å²) < 4.78 is 0. The molecule has 0 heterocycles. The second-order valence-electron chi connectivity index (χ2n) is 5.45. The highest BCUT2D eigenvalue weighted by Gasteiger charge is 2.19. The SMILES string of the molecule is C#CCNC(=NC)NCC(C)(C)Cc1cccc(Cl)c1.I. The van der Waals surface area contributed by atoms with Crippen LogP contribution in [0.2, 0.25) is 5.02 Å². The Morgan fingerprint density at radius 3 is 2.67 bits per heavy atom. The van der Waals surface area contributed by atoms with Crippen LogP contribution < -0.4 is 10.6 Å². The maximum absolute atomic E-state index is 6.02. The molecule has 0 aliphatic heterocycles. The van der Waals surface area contributed by atoms with Crippen LogP contribution in [0.15, 0.2) is 29.3 Å². The van der Waals surface area contributed by atoms with Crippen molar-refractivity contribution in [1.29, 1.82) is 0 Å². The van der Waals surface area contributed by atoms with Gasteiger partial charge in [-0.3, -0.25) is 4.99 Å². The number of hydrogen-bond donors (Lipinski definition) is 2. The molecule has 0 spiro atoms. The monoisotopic (exact) mass is 419 g/mol. The summed E-state index contributed by atoms with van der Waals surface area (Å²) in [5.74, 6) is 3.25. The van der Waals surface area contributed by atoms with Crippen LogP contribution in [0.5, 0.6) is 0 Å². The molecule has 5 heteroatoms. The lowest BCUT2D eigenvalue weighted by atomic mass is 9.86. The van der Waals surface area contributed by atoms with Crippen molar-refractivity contribution in [2.45, 2.75) is 20.3 Å². The van der Waals surface area contributed by atoms with Gasteiger partial charge in [0.2, 0.25) is 0 Å². The number of rotatable bonds is 5. The summed E-state index contributed by atoms with van der Waals surface area (Å²) in [6, 6.07) is 7.98. The molecule has 0 unspecified atom stereocenters. The highest BCUT2D eigenvalue weighted by atomic mass is 127. The van der Waals surface area contributed by atoms with Gasteiger partial charge in [-0.25, -0.2) is 0 Å². The van der Waals surface area contributed by atoms with Crippen molar-refractivity contribution in [3.8, 4) is 12.3 Å². The average Bonchev–Trinajstić information content (AvgIpc) is 2.38. The molecule has 0 atom stereocenters. The lowest BCUT2D eigenvalue weighted by molar-refractivity contribution is 0.359. The fourth-order valence-electron chi connectivity index (χ4n) is 1.94. The lowest BCUT2D eigenvalue weighted by Crippen LogP contribution is -2.42. The van der Waals surface area contributed by atoms with Gasteiger partial charge in [0.15, 0.2) is 5.96 Å². The molecule has 1 aromatic carbocycles. The van der Waals surface area contributed by atoms with Gasteiger partial charge in [0.1, 0.15) is 0 Å². The van der Waals surface area contributed by atoms with E-state index in [0.29, 0.717) is 6.54 Å². The maximum atomic E-state index is 6.02. The summed E-state index contributed by atoms with van der Waals surface area (Å²) in [6.07, 6.45) is 6.16. The topological polar surface area (TPSA) is 36.4 Å². The van der Waals surface area contributed by atoms with Crippen LogP contribution in [-0.4, -0.2) is 26.1 Å². The van der Waals surface area contributed by atoms with E-state index >= 15 is 0 Å². The second-order valence-corrected chi connectivity index (χ2v) is 5.89. The first-order valence-electron chi connectivity index (χ1n) is 6.59. The number of halogens is 2. The van der Waals surface area contributed by atoms with Crippen LogP contribution in [-0.2, 0) is 6.42 Å². The van der Waals surface area contributed by atoms with Crippen molar-refractivity contribution in [2.24, 2.45) is 10.4 Å². The van der Waals surface area contributed by atoms with Gasteiger partial charge < -0.3 is 10.6 Å². The molecule has 0 amide bonds. The van der Waals surface area contributed by atoms with Crippen molar-refractivity contribution < 1.29 is 0 Å². The minimum absolute atomic E-state index is 0. The quantitative estimate of drug-likeness (QED) is 0.332. The van der Waals surface area contributed by atoms with Gasteiger partial charge in [-0.15, -0.1) is 30.4 Å². The smallest absolute Gasteiger partial charge is 0.191 e. The summed E-state index contributed by atoms with van der Waals surface area (Å²) in [5.41, 5.74) is 1.31. The number of aliphatic imine (C=N–C) groups is 1. The number of benzene rings is 1. The molecule has 3 nitrogen and oxygen atoms in total. The molecule has 0 saturated heterocycles. The van der Waals surface area contributed by atoms with Crippen LogP contribution in [0.4, 0.5) is 0 Å². The zero-order valence-electron chi connectivity index (χ0n) is 12.7. The predicted molar refractivity (Wildman–Crippen MR) is 103 cm³/mol. The summed E-state index contributed by atoms with van der Waals surface area (Å²) in [7, 11) is 1.73. The summed E-state index contributed by atoms with van der Waals surface area (Å²) in [6.45, 7) is 5.67. The zero-order chi connectivity index (χ0) is 15.0. The second kappa shape index (κ2) is 9.91. The highest BCUT2D eigenvalue weighted by Crippen LogP contribution is 2.22. The van der Waals surface area contributed by atoms with Gasteiger partial charge in [-0.2, -0.15) is 0 Å². The number of hydrogen-bond acceptors (Lipinski definition) is 1. The van der Waals surface area contributed by atoms with E-state index in [0.717, 1.165) is 23.9 Å². The Balaban J connectivity index is 0.00000400. The Morgan fingerprint density at radius 1 is 1.38 bits per heavy atom. The molecule has 0 radical (unpaired) electrons. The van der Waals surface area contributed by atoms with E-state index in [1.807, 2.05) is 18.2 Å². The maximum Gasteiger partial charge on any atom is 0.191 e. The molecule has 0 aromatic heterocycles. The molecule has 0 saturated carbocycles. The first-order valence-corrected chi connectivity index (χ1v) is 6.97. The summed E-state index contributed by atoms with van der Waals surface area (Å²) in [4.78, 5) is 4.13. The van der Waals surface area contributed by atoms with Crippen molar-refractivity contribution in [1.82, 2.24) is 10.6 Å². The number of guanidine groups is 1. The van der Waals surface area contributed by atoms with E-state index in [4.69, 9.17) is 18.0 Å². The van der Waals surface area contributed by atoms with Gasteiger partial charge in [0.25, 0.3) is 0 Å². The largest absolute Gasteiger partial charge is 0.356 e. The van der Waals surface area contributed by atoms with Gasteiger partial charge in [-0.1, -0.05) is 43.5 Å². The standard InChI is InChI=1S/C16H22ClN3.HI/c1-5-9-19-15(18-4)20-12-16(2,3)11-13-7-6-8-14(17)10-13;/h1,6-8,10H,9,11-12H2,2-4H3,(H2,18,19,20);1H. The van der Waals surface area contributed by atoms with Gasteiger partial charge in [0.05, 0.1) is 6.54 Å². The fraction of sp³-hybridized carbons (Fsp3) is 0.438. The molecule has 0 aliphatic rings. The van der Waals surface area contributed by atoms with Crippen molar-refractivity contribution >= 4 is 41.5 Å². The Bertz CT molecular complexity index is 506. The molecule has 1 rings (SSSR count). The van der Waals surface area contributed by atoms with E-state index in [-0.39, 0.29) is 29.4 Å². The molecule has 1 aromatic rings. The first-order chi connectivity index (χ1) is 9.46. The summed E-state index contributed by atoms with van der Waals surface area (Å²) in [5, 5.41) is 7.11.